The number of anilines is 1. The van der Waals surface area contributed by atoms with E-state index in [9.17, 15) is 8.42 Å². The number of rotatable bonds is 5. The van der Waals surface area contributed by atoms with Crippen LogP contribution >= 0.6 is 0 Å². The van der Waals surface area contributed by atoms with Gasteiger partial charge in [-0.05, 0) is 41.8 Å². The normalized spacial score (nSPS) is 10.8. The summed E-state index contributed by atoms with van der Waals surface area (Å²) in [4.78, 5) is 0.0704. The molecule has 0 fully saturated rings. The van der Waals surface area contributed by atoms with E-state index in [0.717, 1.165) is 11.1 Å². The fourth-order valence-electron chi connectivity index (χ4n) is 2.53. The first-order valence-electron chi connectivity index (χ1n) is 7.73. The first-order chi connectivity index (χ1) is 12.1. The van der Waals surface area contributed by atoms with Crippen molar-refractivity contribution in [2.45, 2.75) is 11.3 Å². The van der Waals surface area contributed by atoms with Crippen molar-refractivity contribution in [2.75, 3.05) is 4.72 Å². The molecule has 0 aliphatic rings. The van der Waals surface area contributed by atoms with Crippen LogP contribution < -0.4 is 4.72 Å². The van der Waals surface area contributed by atoms with Gasteiger partial charge in [0.2, 0.25) is 0 Å². The van der Waals surface area contributed by atoms with E-state index >= 15 is 0 Å². The van der Waals surface area contributed by atoms with Gasteiger partial charge in [-0.2, -0.15) is 5.26 Å². The molecule has 0 saturated carbocycles. The molecule has 0 saturated heterocycles. The Labute approximate surface area is 147 Å². The molecule has 0 bridgehead atoms. The Kier molecular flexibility index (Phi) is 4.82. The quantitative estimate of drug-likeness (QED) is 0.759. The van der Waals surface area contributed by atoms with Gasteiger partial charge in [-0.3, -0.25) is 4.72 Å². The number of sulfonamides is 1. The second-order valence-electron chi connectivity index (χ2n) is 5.56. The third-order valence-corrected chi connectivity index (χ3v) is 5.14. The third kappa shape index (κ3) is 4.06. The monoisotopic (exact) mass is 348 g/mol. The maximum Gasteiger partial charge on any atom is 0.261 e. The standard InChI is InChI=1S/C20H16N2O2S/c21-15-17-9-6-11-19(14-17)25(23,24)22-20-12-5-4-10-18(20)13-16-7-2-1-3-8-16/h1-12,14,22H,13H2. The lowest BCUT2D eigenvalue weighted by molar-refractivity contribution is 0.601. The molecule has 0 spiro atoms. The van der Waals surface area contributed by atoms with Crippen molar-refractivity contribution in [3.63, 3.8) is 0 Å². The molecule has 0 aliphatic carbocycles. The van der Waals surface area contributed by atoms with E-state index in [-0.39, 0.29) is 4.90 Å². The highest BCUT2D eigenvalue weighted by Crippen LogP contribution is 2.23. The van der Waals surface area contributed by atoms with Crippen molar-refractivity contribution in [1.82, 2.24) is 0 Å². The topological polar surface area (TPSA) is 70.0 Å². The van der Waals surface area contributed by atoms with E-state index in [0.29, 0.717) is 17.7 Å². The van der Waals surface area contributed by atoms with Crippen LogP contribution in [-0.2, 0) is 16.4 Å². The minimum atomic E-state index is -3.76. The molecule has 0 amide bonds. The number of nitriles is 1. The fourth-order valence-corrected chi connectivity index (χ4v) is 3.67. The van der Waals surface area contributed by atoms with Gasteiger partial charge in [-0.15, -0.1) is 0 Å². The van der Waals surface area contributed by atoms with E-state index in [1.165, 1.54) is 12.1 Å². The second kappa shape index (κ2) is 7.20. The average Bonchev–Trinajstić information content (AvgIpc) is 2.64. The molecule has 0 heterocycles. The number of nitrogens with one attached hydrogen (secondary N) is 1. The Bertz CT molecular complexity index is 1020. The maximum absolute atomic E-state index is 12.7. The fraction of sp³-hybridized carbons (Fsp3) is 0.0500. The van der Waals surface area contributed by atoms with Crippen molar-refractivity contribution >= 4 is 15.7 Å². The largest absolute Gasteiger partial charge is 0.279 e. The highest BCUT2D eigenvalue weighted by atomic mass is 32.2. The zero-order valence-corrected chi connectivity index (χ0v) is 14.2. The van der Waals surface area contributed by atoms with Crippen molar-refractivity contribution in [1.29, 1.82) is 5.26 Å². The number of nitrogens with zero attached hydrogens (tertiary/aromatic N) is 1. The van der Waals surface area contributed by atoms with Crippen LogP contribution in [0.3, 0.4) is 0 Å². The summed E-state index contributed by atoms with van der Waals surface area (Å²) in [7, 11) is -3.76. The first kappa shape index (κ1) is 16.7. The lowest BCUT2D eigenvalue weighted by atomic mass is 10.0. The van der Waals surface area contributed by atoms with Gasteiger partial charge in [0.05, 0.1) is 22.2 Å². The van der Waals surface area contributed by atoms with Crippen molar-refractivity contribution in [2.24, 2.45) is 0 Å². The van der Waals surface area contributed by atoms with Gasteiger partial charge in [0.25, 0.3) is 10.0 Å². The van der Waals surface area contributed by atoms with Gasteiger partial charge in [0.15, 0.2) is 0 Å². The Morgan fingerprint density at radius 2 is 1.60 bits per heavy atom. The molecule has 1 N–H and O–H groups in total. The van der Waals surface area contributed by atoms with Crippen LogP contribution in [0.2, 0.25) is 0 Å². The zero-order valence-electron chi connectivity index (χ0n) is 13.4. The van der Waals surface area contributed by atoms with Crippen LogP contribution in [0.4, 0.5) is 5.69 Å². The predicted octanol–water partition coefficient (Wildman–Crippen LogP) is 3.95. The van der Waals surface area contributed by atoms with Crippen LogP contribution in [0.15, 0.2) is 83.8 Å². The summed E-state index contributed by atoms with van der Waals surface area (Å²) in [5, 5.41) is 8.96. The Hall–Kier alpha value is -3.10. The molecular formula is C20H16N2O2S. The molecule has 3 aromatic carbocycles. The summed E-state index contributed by atoms with van der Waals surface area (Å²) in [5.74, 6) is 0. The number of hydrogen-bond acceptors (Lipinski definition) is 3. The minimum absolute atomic E-state index is 0.0704. The van der Waals surface area contributed by atoms with Gasteiger partial charge in [-0.25, -0.2) is 8.42 Å². The smallest absolute Gasteiger partial charge is 0.261 e. The molecule has 3 aromatic rings. The molecule has 3 rings (SSSR count). The molecule has 0 atom stereocenters. The lowest BCUT2D eigenvalue weighted by Crippen LogP contribution is -2.14. The summed E-state index contributed by atoms with van der Waals surface area (Å²) in [6.45, 7) is 0. The van der Waals surface area contributed by atoms with E-state index in [2.05, 4.69) is 4.72 Å². The molecule has 0 aliphatic heterocycles. The number of hydrogen-bond donors (Lipinski definition) is 1. The first-order valence-corrected chi connectivity index (χ1v) is 9.21. The van der Waals surface area contributed by atoms with E-state index in [1.54, 1.807) is 24.3 Å². The lowest BCUT2D eigenvalue weighted by Gasteiger charge is -2.13. The third-order valence-electron chi connectivity index (χ3n) is 3.77. The molecule has 124 valence electrons. The van der Waals surface area contributed by atoms with E-state index in [4.69, 9.17) is 5.26 Å². The highest BCUT2D eigenvalue weighted by molar-refractivity contribution is 7.92. The number of para-hydroxylation sites is 1. The Balaban J connectivity index is 1.91. The summed E-state index contributed by atoms with van der Waals surface area (Å²) in [6.07, 6.45) is 0.623. The number of benzene rings is 3. The molecular weight excluding hydrogens is 332 g/mol. The molecule has 5 heteroatoms. The highest BCUT2D eigenvalue weighted by Gasteiger charge is 2.16. The summed E-state index contributed by atoms with van der Waals surface area (Å²) < 4.78 is 27.9. The molecule has 0 radical (unpaired) electrons. The summed E-state index contributed by atoms with van der Waals surface area (Å²) in [5.41, 5.74) is 2.82. The molecule has 0 aromatic heterocycles. The molecule has 0 unspecified atom stereocenters. The maximum atomic E-state index is 12.7. The van der Waals surface area contributed by atoms with E-state index in [1.807, 2.05) is 48.5 Å². The van der Waals surface area contributed by atoms with Crippen LogP contribution in [-0.4, -0.2) is 8.42 Å². The van der Waals surface area contributed by atoms with Crippen LogP contribution in [0, 0.1) is 11.3 Å². The van der Waals surface area contributed by atoms with Crippen molar-refractivity contribution in [3.05, 3.63) is 95.6 Å². The average molecular weight is 348 g/mol. The SMILES string of the molecule is N#Cc1cccc(S(=O)(=O)Nc2ccccc2Cc2ccccc2)c1. The summed E-state index contributed by atoms with van der Waals surface area (Å²) >= 11 is 0. The second-order valence-corrected chi connectivity index (χ2v) is 7.25. The van der Waals surface area contributed by atoms with Gasteiger partial charge < -0.3 is 0 Å². The Morgan fingerprint density at radius 1 is 0.880 bits per heavy atom. The Morgan fingerprint density at radius 3 is 2.36 bits per heavy atom. The molecule has 4 nitrogen and oxygen atoms in total. The zero-order chi connectivity index (χ0) is 17.7. The van der Waals surface area contributed by atoms with Crippen LogP contribution in [0.5, 0.6) is 0 Å². The van der Waals surface area contributed by atoms with Crippen LogP contribution in [0.25, 0.3) is 0 Å². The summed E-state index contributed by atoms with van der Waals surface area (Å²) in [6, 6.07) is 25.1. The predicted molar refractivity (Wildman–Crippen MR) is 97.7 cm³/mol. The minimum Gasteiger partial charge on any atom is -0.279 e. The van der Waals surface area contributed by atoms with Gasteiger partial charge in [0, 0.05) is 0 Å². The molecule has 25 heavy (non-hydrogen) atoms. The van der Waals surface area contributed by atoms with Crippen LogP contribution in [0.1, 0.15) is 16.7 Å². The van der Waals surface area contributed by atoms with Gasteiger partial charge >= 0.3 is 0 Å². The van der Waals surface area contributed by atoms with Crippen molar-refractivity contribution < 1.29 is 8.42 Å². The van der Waals surface area contributed by atoms with E-state index < -0.39 is 10.0 Å². The van der Waals surface area contributed by atoms with Gasteiger partial charge in [0.1, 0.15) is 0 Å². The van der Waals surface area contributed by atoms with Gasteiger partial charge in [-0.1, -0.05) is 54.6 Å². The van der Waals surface area contributed by atoms with Crippen molar-refractivity contribution in [3.8, 4) is 6.07 Å².